The van der Waals surface area contributed by atoms with Crippen LogP contribution in [-0.2, 0) is 5.67 Å². The molecule has 0 aliphatic heterocycles. The Morgan fingerprint density at radius 2 is 1.40 bits per heavy atom. The van der Waals surface area contributed by atoms with Gasteiger partial charge in [-0.3, -0.25) is 4.79 Å². The first-order valence-electron chi connectivity index (χ1n) is 4.74. The van der Waals surface area contributed by atoms with Crippen molar-refractivity contribution in [2.75, 3.05) is 0 Å². The maximum atomic E-state index is 13.5. The van der Waals surface area contributed by atoms with E-state index >= 15 is 0 Å². The van der Waals surface area contributed by atoms with Gasteiger partial charge < -0.3 is 5.73 Å². The number of benzene rings is 1. The fraction of sp³-hybridized carbons (Fsp3) is 0.300. The first-order chi connectivity index (χ1) is 8.82. The fourth-order valence-electron chi connectivity index (χ4n) is 1.41. The zero-order valence-corrected chi connectivity index (χ0v) is 9.24. The number of alkyl halides is 7. The summed E-state index contributed by atoms with van der Waals surface area (Å²) < 4.78 is 101. The number of hydrogen-bond acceptors (Lipinski definition) is 1. The minimum atomic E-state index is -6.43. The standard InChI is InChI=1S/C10H5F8NO/c11-6-3-4(7(19)20)1-2-5(6)8(12,9(13,14)15)10(16,17)18/h1-3H,(H2,19,20). The molecule has 0 aliphatic carbocycles. The van der Waals surface area contributed by atoms with Crippen LogP contribution in [0.3, 0.4) is 0 Å². The Bertz CT molecular complexity index is 519. The molecule has 0 unspecified atom stereocenters. The minimum absolute atomic E-state index is 0.00345. The van der Waals surface area contributed by atoms with Gasteiger partial charge in [-0.1, -0.05) is 6.07 Å². The number of amides is 1. The van der Waals surface area contributed by atoms with E-state index in [9.17, 15) is 39.9 Å². The molecule has 0 fully saturated rings. The SMILES string of the molecule is NC(=O)c1ccc(C(F)(C(F)(F)F)C(F)(F)F)c(F)c1. The van der Waals surface area contributed by atoms with Crippen LogP contribution >= 0.6 is 0 Å². The Hall–Kier alpha value is -1.87. The van der Waals surface area contributed by atoms with Crippen molar-refractivity contribution in [3.05, 3.63) is 35.1 Å². The van der Waals surface area contributed by atoms with Crippen molar-refractivity contribution in [3.63, 3.8) is 0 Å². The van der Waals surface area contributed by atoms with Crippen LogP contribution in [0.25, 0.3) is 0 Å². The molecule has 0 bridgehead atoms. The molecule has 2 nitrogen and oxygen atoms in total. The van der Waals surface area contributed by atoms with Crippen molar-refractivity contribution in [1.29, 1.82) is 0 Å². The summed E-state index contributed by atoms with van der Waals surface area (Å²) in [4.78, 5) is 10.6. The molecule has 1 aromatic rings. The first-order valence-corrected chi connectivity index (χ1v) is 4.74. The fourth-order valence-corrected chi connectivity index (χ4v) is 1.41. The van der Waals surface area contributed by atoms with E-state index in [0.717, 1.165) is 0 Å². The lowest BCUT2D eigenvalue weighted by Crippen LogP contribution is -2.51. The summed E-state index contributed by atoms with van der Waals surface area (Å²) >= 11 is 0. The van der Waals surface area contributed by atoms with Crippen LogP contribution in [0, 0.1) is 5.82 Å². The molecular formula is C10H5F8NO. The summed E-state index contributed by atoms with van der Waals surface area (Å²) in [5.74, 6) is -3.47. The van der Waals surface area contributed by atoms with Gasteiger partial charge >= 0.3 is 18.0 Å². The number of halogens is 8. The van der Waals surface area contributed by atoms with Crippen LogP contribution in [0.1, 0.15) is 15.9 Å². The van der Waals surface area contributed by atoms with E-state index in [2.05, 4.69) is 5.73 Å². The van der Waals surface area contributed by atoms with E-state index in [0.29, 0.717) is 6.07 Å². The average molecular weight is 307 g/mol. The van der Waals surface area contributed by atoms with Gasteiger partial charge in [0.25, 0.3) is 0 Å². The van der Waals surface area contributed by atoms with Crippen LogP contribution in [0.5, 0.6) is 0 Å². The lowest BCUT2D eigenvalue weighted by molar-refractivity contribution is -0.349. The number of rotatable bonds is 2. The van der Waals surface area contributed by atoms with E-state index in [4.69, 9.17) is 0 Å². The van der Waals surface area contributed by atoms with E-state index in [1.807, 2.05) is 0 Å². The third-order valence-corrected chi connectivity index (χ3v) is 2.41. The monoisotopic (exact) mass is 307 g/mol. The highest BCUT2D eigenvalue weighted by Crippen LogP contribution is 2.53. The first kappa shape index (κ1) is 16.2. The van der Waals surface area contributed by atoms with Crippen LogP contribution in [0.15, 0.2) is 18.2 Å². The van der Waals surface area contributed by atoms with E-state index < -0.39 is 40.9 Å². The van der Waals surface area contributed by atoms with Gasteiger partial charge in [0.05, 0.1) is 0 Å². The van der Waals surface area contributed by atoms with Gasteiger partial charge in [-0.05, 0) is 12.1 Å². The van der Waals surface area contributed by atoms with Crippen molar-refractivity contribution < 1.29 is 39.9 Å². The van der Waals surface area contributed by atoms with Crippen molar-refractivity contribution in [3.8, 4) is 0 Å². The van der Waals surface area contributed by atoms with Crippen molar-refractivity contribution in [2.45, 2.75) is 18.0 Å². The molecular weight excluding hydrogens is 302 g/mol. The summed E-state index contributed by atoms with van der Waals surface area (Å²) in [6.45, 7) is 0. The highest BCUT2D eigenvalue weighted by atomic mass is 19.4. The summed E-state index contributed by atoms with van der Waals surface area (Å²) in [6.07, 6.45) is -12.9. The Labute approximate surface area is 106 Å². The summed E-state index contributed by atoms with van der Waals surface area (Å²) in [6, 6.07) is 0.256. The smallest absolute Gasteiger partial charge is 0.366 e. The zero-order valence-electron chi connectivity index (χ0n) is 9.24. The van der Waals surface area contributed by atoms with Crippen LogP contribution in [0.2, 0.25) is 0 Å². The van der Waals surface area contributed by atoms with Gasteiger partial charge in [0.15, 0.2) is 0 Å². The Kier molecular flexibility index (Phi) is 3.72. The number of carbonyl (C=O) groups is 1. The van der Waals surface area contributed by atoms with E-state index in [-0.39, 0.29) is 12.1 Å². The lowest BCUT2D eigenvalue weighted by atomic mass is 9.92. The van der Waals surface area contributed by atoms with Crippen molar-refractivity contribution in [2.24, 2.45) is 5.73 Å². The zero-order chi connectivity index (χ0) is 15.9. The van der Waals surface area contributed by atoms with E-state index in [1.165, 1.54) is 0 Å². The van der Waals surface area contributed by atoms with Gasteiger partial charge in [-0.25, -0.2) is 8.78 Å². The molecule has 0 heterocycles. The summed E-state index contributed by atoms with van der Waals surface area (Å²) in [7, 11) is 0. The number of carbonyl (C=O) groups excluding carboxylic acids is 1. The van der Waals surface area contributed by atoms with Gasteiger partial charge in [0.1, 0.15) is 5.82 Å². The van der Waals surface area contributed by atoms with Crippen molar-refractivity contribution in [1.82, 2.24) is 0 Å². The molecule has 0 atom stereocenters. The lowest BCUT2D eigenvalue weighted by Gasteiger charge is -2.30. The topological polar surface area (TPSA) is 43.1 Å². The molecule has 20 heavy (non-hydrogen) atoms. The Morgan fingerprint density at radius 3 is 1.70 bits per heavy atom. The van der Waals surface area contributed by atoms with Gasteiger partial charge in [-0.2, -0.15) is 26.3 Å². The molecule has 0 saturated heterocycles. The second-order valence-electron chi connectivity index (χ2n) is 3.71. The molecule has 112 valence electrons. The average Bonchev–Trinajstić information content (AvgIpc) is 2.24. The van der Waals surface area contributed by atoms with Crippen molar-refractivity contribution >= 4 is 5.91 Å². The number of primary amides is 1. The molecule has 10 heteroatoms. The third kappa shape index (κ3) is 2.41. The predicted molar refractivity (Wildman–Crippen MR) is 49.8 cm³/mol. The maximum absolute atomic E-state index is 13.5. The molecule has 0 aliphatic rings. The molecule has 0 radical (unpaired) electrons. The molecule has 0 spiro atoms. The largest absolute Gasteiger partial charge is 0.436 e. The molecule has 1 rings (SSSR count). The van der Waals surface area contributed by atoms with Gasteiger partial charge in [0.2, 0.25) is 5.91 Å². The highest BCUT2D eigenvalue weighted by Gasteiger charge is 2.74. The minimum Gasteiger partial charge on any atom is -0.366 e. The Morgan fingerprint density at radius 1 is 0.950 bits per heavy atom. The molecule has 1 amide bonds. The number of hydrogen-bond donors (Lipinski definition) is 1. The summed E-state index contributed by atoms with van der Waals surface area (Å²) in [5.41, 5.74) is -4.20. The second kappa shape index (κ2) is 4.60. The van der Waals surface area contributed by atoms with Gasteiger partial charge in [0, 0.05) is 11.1 Å². The van der Waals surface area contributed by atoms with Gasteiger partial charge in [-0.15, -0.1) is 0 Å². The molecule has 0 saturated carbocycles. The Balaban J connectivity index is 3.57. The summed E-state index contributed by atoms with van der Waals surface area (Å²) in [5, 5.41) is 0. The van der Waals surface area contributed by atoms with E-state index in [1.54, 1.807) is 0 Å². The van der Waals surface area contributed by atoms with Crippen LogP contribution in [0.4, 0.5) is 35.1 Å². The normalized spacial score (nSPS) is 13.4. The van der Waals surface area contributed by atoms with Crippen LogP contribution in [-0.4, -0.2) is 18.3 Å². The number of nitrogens with two attached hydrogens (primary N) is 1. The predicted octanol–water partition coefficient (Wildman–Crippen LogP) is 3.21. The maximum Gasteiger partial charge on any atom is 0.436 e. The quantitative estimate of drug-likeness (QED) is 0.838. The molecule has 0 aromatic heterocycles. The third-order valence-electron chi connectivity index (χ3n) is 2.41. The molecule has 1 aromatic carbocycles. The highest BCUT2D eigenvalue weighted by molar-refractivity contribution is 5.92. The molecule has 2 N–H and O–H groups in total. The van der Waals surface area contributed by atoms with Crippen LogP contribution < -0.4 is 5.73 Å². The second-order valence-corrected chi connectivity index (χ2v) is 3.71.